The van der Waals surface area contributed by atoms with Gasteiger partial charge >= 0.3 is 0 Å². The lowest BCUT2D eigenvalue weighted by Gasteiger charge is -2.46. The highest BCUT2D eigenvalue weighted by atomic mass is 32.1. The van der Waals surface area contributed by atoms with Crippen LogP contribution in [0.1, 0.15) is 52.9 Å². The summed E-state index contributed by atoms with van der Waals surface area (Å²) in [6.45, 7) is 6.67. The molecule has 0 radical (unpaired) electrons. The maximum Gasteiger partial charge on any atom is 0.233 e. The van der Waals surface area contributed by atoms with Gasteiger partial charge in [0.1, 0.15) is 0 Å². The van der Waals surface area contributed by atoms with E-state index in [4.69, 9.17) is 18.0 Å². The molecule has 0 saturated heterocycles. The molecule has 0 heterocycles. The summed E-state index contributed by atoms with van der Waals surface area (Å²) >= 11 is 5.15. The number of rotatable bonds is 3. The Kier molecular flexibility index (Phi) is 4.19. The van der Waals surface area contributed by atoms with Gasteiger partial charge in [0.25, 0.3) is 0 Å². The van der Waals surface area contributed by atoms with Crippen molar-refractivity contribution >= 4 is 23.1 Å². The standard InChI is InChI=1S/C15H26N2OS/c1-9-7-15(8-9,13(16)19)14(18)17-12-6-4-5-10(2)11(12)3/h9-12H,4-8H2,1-3H3,(H2,16,19)(H,17,18). The first-order valence-electron chi connectivity index (χ1n) is 7.47. The van der Waals surface area contributed by atoms with Crippen LogP contribution >= 0.6 is 12.2 Å². The van der Waals surface area contributed by atoms with E-state index in [0.717, 1.165) is 19.3 Å². The van der Waals surface area contributed by atoms with Gasteiger partial charge in [-0.1, -0.05) is 45.8 Å². The van der Waals surface area contributed by atoms with Crippen LogP contribution in [0.5, 0.6) is 0 Å². The van der Waals surface area contributed by atoms with Crippen LogP contribution in [0.4, 0.5) is 0 Å². The summed E-state index contributed by atoms with van der Waals surface area (Å²) in [6.07, 6.45) is 5.17. The van der Waals surface area contributed by atoms with Crippen LogP contribution < -0.4 is 11.1 Å². The molecule has 2 rings (SSSR count). The minimum Gasteiger partial charge on any atom is -0.392 e. The lowest BCUT2D eigenvalue weighted by atomic mass is 9.61. The first kappa shape index (κ1) is 14.8. The quantitative estimate of drug-likeness (QED) is 0.782. The predicted octanol–water partition coefficient (Wildman–Crippen LogP) is 2.63. The number of nitrogens with two attached hydrogens (primary N) is 1. The van der Waals surface area contributed by atoms with Crippen LogP contribution in [0.2, 0.25) is 0 Å². The third-order valence-corrected chi connectivity index (χ3v) is 5.71. The van der Waals surface area contributed by atoms with Gasteiger partial charge < -0.3 is 11.1 Å². The second kappa shape index (κ2) is 5.39. The Morgan fingerprint density at radius 1 is 1.26 bits per heavy atom. The Hall–Kier alpha value is -0.640. The number of amides is 1. The molecule has 2 aliphatic carbocycles. The number of hydrogen-bond donors (Lipinski definition) is 2. The summed E-state index contributed by atoms with van der Waals surface area (Å²) in [5, 5.41) is 3.24. The average Bonchev–Trinajstić information content (AvgIpc) is 2.30. The number of carbonyl (C=O) groups excluding carboxylic acids is 1. The van der Waals surface area contributed by atoms with E-state index < -0.39 is 5.41 Å². The molecule has 3 nitrogen and oxygen atoms in total. The van der Waals surface area contributed by atoms with Gasteiger partial charge in [-0.25, -0.2) is 0 Å². The Bertz CT molecular complexity index is 376. The van der Waals surface area contributed by atoms with E-state index in [1.54, 1.807) is 0 Å². The van der Waals surface area contributed by atoms with E-state index in [2.05, 4.69) is 26.1 Å². The number of hydrogen-bond acceptors (Lipinski definition) is 2. The van der Waals surface area contributed by atoms with Gasteiger partial charge in [-0.2, -0.15) is 0 Å². The first-order valence-corrected chi connectivity index (χ1v) is 7.88. The Balaban J connectivity index is 2.02. The maximum absolute atomic E-state index is 12.6. The summed E-state index contributed by atoms with van der Waals surface area (Å²) in [4.78, 5) is 13.0. The van der Waals surface area contributed by atoms with Gasteiger partial charge in [0.15, 0.2) is 0 Å². The largest absolute Gasteiger partial charge is 0.392 e. The smallest absolute Gasteiger partial charge is 0.233 e. The van der Waals surface area contributed by atoms with Crippen molar-refractivity contribution < 1.29 is 4.79 Å². The van der Waals surface area contributed by atoms with Crippen molar-refractivity contribution in [2.75, 3.05) is 0 Å². The van der Waals surface area contributed by atoms with E-state index in [0.29, 0.717) is 28.8 Å². The van der Waals surface area contributed by atoms with Gasteiger partial charge in [-0.05, 0) is 37.0 Å². The Labute approximate surface area is 121 Å². The Morgan fingerprint density at radius 3 is 2.42 bits per heavy atom. The number of carbonyl (C=O) groups is 1. The van der Waals surface area contributed by atoms with Crippen molar-refractivity contribution in [2.24, 2.45) is 28.9 Å². The third kappa shape index (κ3) is 2.64. The van der Waals surface area contributed by atoms with Crippen molar-refractivity contribution in [3.8, 4) is 0 Å². The summed E-state index contributed by atoms with van der Waals surface area (Å²) in [5.74, 6) is 1.85. The van der Waals surface area contributed by atoms with Gasteiger partial charge in [0, 0.05) is 6.04 Å². The van der Waals surface area contributed by atoms with Crippen LogP contribution in [0.3, 0.4) is 0 Å². The molecule has 3 atom stereocenters. The highest BCUT2D eigenvalue weighted by Gasteiger charge is 2.51. The maximum atomic E-state index is 12.6. The van der Waals surface area contributed by atoms with Crippen molar-refractivity contribution in [2.45, 2.75) is 58.9 Å². The van der Waals surface area contributed by atoms with Crippen LogP contribution in [-0.2, 0) is 4.79 Å². The van der Waals surface area contributed by atoms with Crippen molar-refractivity contribution in [1.29, 1.82) is 0 Å². The normalized spacial score (nSPS) is 42.3. The molecule has 0 aromatic carbocycles. The number of nitrogens with one attached hydrogen (secondary N) is 1. The zero-order valence-electron chi connectivity index (χ0n) is 12.2. The molecular weight excluding hydrogens is 256 g/mol. The highest BCUT2D eigenvalue weighted by molar-refractivity contribution is 7.80. The van der Waals surface area contributed by atoms with Gasteiger partial charge in [-0.15, -0.1) is 0 Å². The van der Waals surface area contributed by atoms with Crippen LogP contribution in [0.25, 0.3) is 0 Å². The average molecular weight is 282 g/mol. The van der Waals surface area contributed by atoms with Gasteiger partial charge in [0.2, 0.25) is 5.91 Å². The molecule has 19 heavy (non-hydrogen) atoms. The SMILES string of the molecule is CC1CC(C(=O)NC2CCCC(C)C2C)(C(N)=S)C1. The van der Waals surface area contributed by atoms with Gasteiger partial charge in [-0.3, -0.25) is 4.79 Å². The summed E-state index contributed by atoms with van der Waals surface area (Å²) in [5.41, 5.74) is 5.27. The first-order chi connectivity index (χ1) is 8.86. The van der Waals surface area contributed by atoms with E-state index in [1.165, 1.54) is 12.8 Å². The molecule has 2 fully saturated rings. The third-order valence-electron chi connectivity index (χ3n) is 5.32. The Morgan fingerprint density at radius 2 is 1.89 bits per heavy atom. The molecule has 108 valence electrons. The lowest BCUT2D eigenvalue weighted by Crippen LogP contribution is -2.59. The second-order valence-corrected chi connectivity index (χ2v) is 7.25. The van der Waals surface area contributed by atoms with Gasteiger partial charge in [0.05, 0.1) is 10.4 Å². The molecule has 2 saturated carbocycles. The fourth-order valence-electron chi connectivity index (χ4n) is 3.72. The van der Waals surface area contributed by atoms with E-state index >= 15 is 0 Å². The fourth-order valence-corrected chi connectivity index (χ4v) is 3.98. The van der Waals surface area contributed by atoms with E-state index in [9.17, 15) is 4.79 Å². The molecule has 3 N–H and O–H groups in total. The van der Waals surface area contributed by atoms with Crippen molar-refractivity contribution in [3.63, 3.8) is 0 Å². The van der Waals surface area contributed by atoms with E-state index in [-0.39, 0.29) is 5.91 Å². The van der Waals surface area contributed by atoms with Crippen LogP contribution in [-0.4, -0.2) is 16.9 Å². The highest BCUT2D eigenvalue weighted by Crippen LogP contribution is 2.46. The van der Waals surface area contributed by atoms with Crippen molar-refractivity contribution in [3.05, 3.63) is 0 Å². The molecule has 0 aliphatic heterocycles. The molecule has 2 aliphatic rings. The summed E-state index contributed by atoms with van der Waals surface area (Å²) < 4.78 is 0. The molecule has 0 aromatic heterocycles. The van der Waals surface area contributed by atoms with Crippen LogP contribution in [0.15, 0.2) is 0 Å². The fraction of sp³-hybridized carbons (Fsp3) is 0.867. The predicted molar refractivity (Wildman–Crippen MR) is 81.7 cm³/mol. The van der Waals surface area contributed by atoms with Crippen LogP contribution in [0, 0.1) is 23.2 Å². The lowest BCUT2D eigenvalue weighted by molar-refractivity contribution is -0.134. The number of thiocarbonyl (C=S) groups is 1. The molecule has 4 heteroatoms. The second-order valence-electron chi connectivity index (χ2n) is 6.81. The minimum absolute atomic E-state index is 0.0732. The van der Waals surface area contributed by atoms with E-state index in [1.807, 2.05) is 0 Å². The van der Waals surface area contributed by atoms with Crippen molar-refractivity contribution in [1.82, 2.24) is 5.32 Å². The molecule has 0 spiro atoms. The minimum atomic E-state index is -0.560. The monoisotopic (exact) mass is 282 g/mol. The zero-order valence-corrected chi connectivity index (χ0v) is 13.1. The molecular formula is C15H26N2OS. The molecule has 0 aromatic rings. The summed E-state index contributed by atoms with van der Waals surface area (Å²) in [7, 11) is 0. The molecule has 3 unspecified atom stereocenters. The molecule has 0 bridgehead atoms. The topological polar surface area (TPSA) is 55.1 Å². The zero-order chi connectivity index (χ0) is 14.2. The molecule has 1 amide bonds. The summed E-state index contributed by atoms with van der Waals surface area (Å²) in [6, 6.07) is 0.290.